The number of thiazole rings is 1. The number of Topliss-reactive ketones (excluding diaryl/α,β-unsaturated/α-hetero) is 1. The molecule has 0 atom stereocenters. The van der Waals surface area contributed by atoms with Crippen LogP contribution in [0.15, 0.2) is 76.4 Å². The maximum absolute atomic E-state index is 12.6. The van der Waals surface area contributed by atoms with Crippen LogP contribution in [0.5, 0.6) is 5.75 Å². The molecule has 0 unspecified atom stereocenters. The van der Waals surface area contributed by atoms with E-state index in [1.54, 1.807) is 31.4 Å². The molecule has 7 heteroatoms. The van der Waals surface area contributed by atoms with E-state index in [2.05, 4.69) is 46.7 Å². The number of hydrogen-bond acceptors (Lipinski definition) is 6. The minimum Gasteiger partial charge on any atom is -0.497 e. The molecule has 0 saturated carbocycles. The second-order valence-electron chi connectivity index (χ2n) is 7.98. The summed E-state index contributed by atoms with van der Waals surface area (Å²) in [6.45, 7) is 0. The standard InChI is InChI=1S/C27H22N2O3S2/c1-32-22-9-6-17(7-10-22)25(30)16-34-27-29-21(15-33-27)14-26(31)28-20-8-11-24-19(13-20)12-18-4-2-3-5-23(18)24/h2-11,13,15H,12,14,16H2,1H3,(H,28,31). The molecule has 1 amide bonds. The zero-order valence-corrected chi connectivity index (χ0v) is 20.2. The Kier molecular flexibility index (Phi) is 6.47. The quantitative estimate of drug-likeness (QED) is 0.219. The summed E-state index contributed by atoms with van der Waals surface area (Å²) in [7, 11) is 1.60. The van der Waals surface area contributed by atoms with Gasteiger partial charge in [-0.25, -0.2) is 4.98 Å². The first-order chi connectivity index (χ1) is 16.6. The fraction of sp³-hybridized carbons (Fsp3) is 0.148. The molecule has 170 valence electrons. The number of ketones is 1. The lowest BCUT2D eigenvalue weighted by Crippen LogP contribution is -2.14. The molecule has 0 bridgehead atoms. The summed E-state index contributed by atoms with van der Waals surface area (Å²) in [5.74, 6) is 0.938. The molecule has 1 aromatic heterocycles. The van der Waals surface area contributed by atoms with Crippen molar-refractivity contribution in [3.05, 3.63) is 94.5 Å². The second-order valence-corrected chi connectivity index (χ2v) is 10.1. The number of benzene rings is 3. The number of thioether (sulfide) groups is 1. The van der Waals surface area contributed by atoms with E-state index in [1.807, 2.05) is 11.4 Å². The highest BCUT2D eigenvalue weighted by Gasteiger charge is 2.18. The van der Waals surface area contributed by atoms with Crippen molar-refractivity contribution < 1.29 is 14.3 Å². The molecular formula is C27H22N2O3S2. The van der Waals surface area contributed by atoms with E-state index in [1.165, 1.54) is 45.4 Å². The molecule has 1 N–H and O–H groups in total. The van der Waals surface area contributed by atoms with Crippen molar-refractivity contribution in [1.29, 1.82) is 0 Å². The minimum absolute atomic E-state index is 0.0286. The number of aromatic nitrogens is 1. The normalized spacial score (nSPS) is 11.6. The fourth-order valence-electron chi connectivity index (χ4n) is 4.02. The molecule has 5 rings (SSSR count). The smallest absolute Gasteiger partial charge is 0.230 e. The number of ether oxygens (including phenoxy) is 1. The summed E-state index contributed by atoms with van der Waals surface area (Å²) in [5, 5.41) is 4.87. The third kappa shape index (κ3) is 4.90. The van der Waals surface area contributed by atoms with E-state index in [0.717, 1.165) is 22.2 Å². The van der Waals surface area contributed by atoms with Gasteiger partial charge in [-0.15, -0.1) is 11.3 Å². The molecule has 0 radical (unpaired) electrons. The first kappa shape index (κ1) is 22.4. The summed E-state index contributed by atoms with van der Waals surface area (Å²) in [6.07, 6.45) is 1.08. The SMILES string of the molecule is COc1ccc(C(=O)CSc2nc(CC(=O)Nc3ccc4c(c3)Cc3ccccc3-4)cs2)cc1. The number of nitrogens with one attached hydrogen (secondary N) is 1. The van der Waals surface area contributed by atoms with Crippen molar-refractivity contribution in [3.63, 3.8) is 0 Å². The zero-order chi connectivity index (χ0) is 23.5. The maximum Gasteiger partial charge on any atom is 0.230 e. The van der Waals surface area contributed by atoms with E-state index in [4.69, 9.17) is 4.74 Å². The third-order valence-electron chi connectivity index (χ3n) is 5.69. The molecule has 1 heterocycles. The van der Waals surface area contributed by atoms with Gasteiger partial charge in [-0.3, -0.25) is 9.59 Å². The van der Waals surface area contributed by atoms with Gasteiger partial charge in [0.15, 0.2) is 10.1 Å². The third-order valence-corrected chi connectivity index (χ3v) is 7.76. The highest BCUT2D eigenvalue weighted by atomic mass is 32.2. The van der Waals surface area contributed by atoms with Gasteiger partial charge in [0.1, 0.15) is 5.75 Å². The number of carbonyl (C=O) groups is 2. The van der Waals surface area contributed by atoms with E-state index < -0.39 is 0 Å². The minimum atomic E-state index is -0.105. The Hall–Kier alpha value is -3.42. The number of hydrogen-bond donors (Lipinski definition) is 1. The number of carbonyl (C=O) groups excluding carboxylic acids is 2. The van der Waals surface area contributed by atoms with Gasteiger partial charge >= 0.3 is 0 Å². The molecule has 1 aliphatic carbocycles. The van der Waals surface area contributed by atoms with Crippen LogP contribution in [0, 0.1) is 0 Å². The van der Waals surface area contributed by atoms with E-state index in [-0.39, 0.29) is 18.1 Å². The topological polar surface area (TPSA) is 68.3 Å². The molecular weight excluding hydrogens is 464 g/mol. The predicted octanol–water partition coefficient (Wildman–Crippen LogP) is 5.88. The monoisotopic (exact) mass is 486 g/mol. The Morgan fingerprint density at radius 2 is 1.82 bits per heavy atom. The number of nitrogens with zero attached hydrogens (tertiary/aromatic N) is 1. The van der Waals surface area contributed by atoms with Crippen molar-refractivity contribution in [3.8, 4) is 16.9 Å². The predicted molar refractivity (Wildman–Crippen MR) is 137 cm³/mol. The number of rotatable bonds is 8. The average molecular weight is 487 g/mol. The number of amides is 1. The molecule has 3 aromatic carbocycles. The van der Waals surface area contributed by atoms with E-state index in [0.29, 0.717) is 17.0 Å². The van der Waals surface area contributed by atoms with Crippen molar-refractivity contribution >= 4 is 40.5 Å². The Labute approximate surface area is 206 Å². The molecule has 0 saturated heterocycles. The Bertz CT molecular complexity index is 1360. The first-order valence-corrected chi connectivity index (χ1v) is 12.7. The van der Waals surface area contributed by atoms with E-state index >= 15 is 0 Å². The largest absolute Gasteiger partial charge is 0.497 e. The second kappa shape index (κ2) is 9.83. The summed E-state index contributed by atoms with van der Waals surface area (Å²) >= 11 is 2.84. The maximum atomic E-state index is 12.6. The van der Waals surface area contributed by atoms with Crippen LogP contribution in [-0.4, -0.2) is 29.5 Å². The van der Waals surface area contributed by atoms with Gasteiger partial charge < -0.3 is 10.1 Å². The van der Waals surface area contributed by atoms with Crippen LogP contribution < -0.4 is 10.1 Å². The highest BCUT2D eigenvalue weighted by molar-refractivity contribution is 8.01. The molecule has 0 fully saturated rings. The number of anilines is 1. The Morgan fingerprint density at radius 1 is 1.03 bits per heavy atom. The average Bonchev–Trinajstić information content (AvgIpc) is 3.46. The van der Waals surface area contributed by atoms with Crippen molar-refractivity contribution in [2.75, 3.05) is 18.2 Å². The lowest BCUT2D eigenvalue weighted by molar-refractivity contribution is -0.115. The Balaban J connectivity index is 1.15. The fourth-order valence-corrected chi connectivity index (χ4v) is 5.76. The van der Waals surface area contributed by atoms with Crippen molar-refractivity contribution in [2.24, 2.45) is 0 Å². The van der Waals surface area contributed by atoms with Gasteiger partial charge in [-0.2, -0.15) is 0 Å². The van der Waals surface area contributed by atoms with Gasteiger partial charge in [-0.05, 0) is 65.1 Å². The molecule has 34 heavy (non-hydrogen) atoms. The van der Waals surface area contributed by atoms with Crippen LogP contribution in [0.25, 0.3) is 11.1 Å². The summed E-state index contributed by atoms with van der Waals surface area (Å²) in [6, 6.07) is 21.6. The van der Waals surface area contributed by atoms with Gasteiger partial charge in [0.2, 0.25) is 5.91 Å². The van der Waals surface area contributed by atoms with Gasteiger partial charge in [0.05, 0.1) is 25.0 Å². The summed E-state index contributed by atoms with van der Waals surface area (Å²) in [5.41, 5.74) is 7.20. The van der Waals surface area contributed by atoms with Gasteiger partial charge in [0.25, 0.3) is 0 Å². The van der Waals surface area contributed by atoms with Crippen LogP contribution >= 0.6 is 23.1 Å². The molecule has 4 aromatic rings. The lowest BCUT2D eigenvalue weighted by Gasteiger charge is -2.07. The Morgan fingerprint density at radius 3 is 2.65 bits per heavy atom. The number of fused-ring (bicyclic) bond motifs is 3. The molecule has 1 aliphatic rings. The van der Waals surface area contributed by atoms with Crippen LogP contribution in [0.2, 0.25) is 0 Å². The highest BCUT2D eigenvalue weighted by Crippen LogP contribution is 2.37. The van der Waals surface area contributed by atoms with Crippen LogP contribution in [0.3, 0.4) is 0 Å². The lowest BCUT2D eigenvalue weighted by atomic mass is 10.1. The van der Waals surface area contributed by atoms with Crippen molar-refractivity contribution in [1.82, 2.24) is 4.98 Å². The summed E-state index contributed by atoms with van der Waals surface area (Å²) in [4.78, 5) is 29.5. The number of methoxy groups -OCH3 is 1. The zero-order valence-electron chi connectivity index (χ0n) is 18.5. The van der Waals surface area contributed by atoms with Crippen LogP contribution in [0.1, 0.15) is 27.2 Å². The van der Waals surface area contributed by atoms with Crippen molar-refractivity contribution in [2.45, 2.75) is 17.2 Å². The molecule has 0 spiro atoms. The van der Waals surface area contributed by atoms with Gasteiger partial charge in [-0.1, -0.05) is 42.1 Å². The summed E-state index contributed by atoms with van der Waals surface area (Å²) < 4.78 is 5.90. The van der Waals surface area contributed by atoms with Crippen LogP contribution in [-0.2, 0) is 17.6 Å². The first-order valence-electron chi connectivity index (χ1n) is 10.8. The van der Waals surface area contributed by atoms with Crippen LogP contribution in [0.4, 0.5) is 5.69 Å². The van der Waals surface area contributed by atoms with Gasteiger partial charge in [0, 0.05) is 16.6 Å². The molecule has 0 aliphatic heterocycles. The molecule has 5 nitrogen and oxygen atoms in total. The van der Waals surface area contributed by atoms with E-state index in [9.17, 15) is 9.59 Å².